The first-order valence-corrected chi connectivity index (χ1v) is 7.70. The predicted molar refractivity (Wildman–Crippen MR) is 79.3 cm³/mol. The van der Waals surface area contributed by atoms with Crippen LogP contribution in [-0.4, -0.2) is 24.5 Å². The number of hydrogen-bond acceptors (Lipinski definition) is 3. The SMILES string of the molecule is CSCCCCNCc1ccc(C(N)=O)cc1Cl. The Balaban J connectivity index is 2.36. The zero-order valence-corrected chi connectivity index (χ0v) is 12.1. The van der Waals surface area contributed by atoms with Gasteiger partial charge in [0.1, 0.15) is 0 Å². The number of benzene rings is 1. The summed E-state index contributed by atoms with van der Waals surface area (Å²) in [5.41, 5.74) is 6.63. The molecule has 1 rings (SSSR count). The number of primary amides is 1. The van der Waals surface area contributed by atoms with Crippen LogP contribution in [0.3, 0.4) is 0 Å². The van der Waals surface area contributed by atoms with Crippen molar-refractivity contribution < 1.29 is 4.79 Å². The van der Waals surface area contributed by atoms with E-state index in [2.05, 4.69) is 11.6 Å². The van der Waals surface area contributed by atoms with Gasteiger partial charge in [-0.15, -0.1) is 0 Å². The molecular weight excluding hydrogens is 268 g/mol. The number of carbonyl (C=O) groups excluding carboxylic acids is 1. The highest BCUT2D eigenvalue weighted by atomic mass is 35.5. The maximum Gasteiger partial charge on any atom is 0.248 e. The van der Waals surface area contributed by atoms with Crippen LogP contribution < -0.4 is 11.1 Å². The standard InChI is InChI=1S/C13H19ClN2OS/c1-18-7-3-2-6-16-9-11-5-4-10(13(15)17)8-12(11)14/h4-5,8,16H,2-3,6-7,9H2,1H3,(H2,15,17). The van der Waals surface area contributed by atoms with Gasteiger partial charge in [-0.25, -0.2) is 0 Å². The second-order valence-corrected chi connectivity index (χ2v) is 5.44. The molecule has 0 heterocycles. The fraction of sp³-hybridized carbons (Fsp3) is 0.462. The molecule has 0 unspecified atom stereocenters. The van der Waals surface area contributed by atoms with Gasteiger partial charge in [-0.3, -0.25) is 4.79 Å². The Bertz CT molecular complexity index is 399. The van der Waals surface area contributed by atoms with Gasteiger partial charge in [0.2, 0.25) is 5.91 Å². The number of amides is 1. The predicted octanol–water partition coefficient (Wildman–Crippen LogP) is 2.67. The average Bonchev–Trinajstić information content (AvgIpc) is 2.35. The summed E-state index contributed by atoms with van der Waals surface area (Å²) < 4.78 is 0. The summed E-state index contributed by atoms with van der Waals surface area (Å²) in [6.45, 7) is 1.70. The number of rotatable bonds is 8. The van der Waals surface area contributed by atoms with E-state index in [-0.39, 0.29) is 0 Å². The molecule has 0 aliphatic rings. The average molecular weight is 287 g/mol. The molecule has 0 atom stereocenters. The molecule has 5 heteroatoms. The fourth-order valence-corrected chi connectivity index (χ4v) is 2.30. The smallest absolute Gasteiger partial charge is 0.248 e. The van der Waals surface area contributed by atoms with Gasteiger partial charge in [0.25, 0.3) is 0 Å². The van der Waals surface area contributed by atoms with E-state index in [0.717, 1.165) is 25.1 Å². The number of carbonyl (C=O) groups is 1. The molecule has 0 aliphatic carbocycles. The van der Waals surface area contributed by atoms with Gasteiger partial charge in [0, 0.05) is 17.1 Å². The molecule has 18 heavy (non-hydrogen) atoms. The van der Waals surface area contributed by atoms with E-state index in [1.807, 2.05) is 17.8 Å². The summed E-state index contributed by atoms with van der Waals surface area (Å²) in [5.74, 6) is 0.754. The van der Waals surface area contributed by atoms with Crippen molar-refractivity contribution in [2.45, 2.75) is 19.4 Å². The van der Waals surface area contributed by atoms with Crippen LogP contribution in [-0.2, 0) is 6.54 Å². The zero-order chi connectivity index (χ0) is 13.4. The lowest BCUT2D eigenvalue weighted by molar-refractivity contribution is 0.100. The third-order valence-corrected chi connectivity index (χ3v) is 3.65. The van der Waals surface area contributed by atoms with Crippen molar-refractivity contribution in [2.75, 3.05) is 18.6 Å². The van der Waals surface area contributed by atoms with E-state index in [0.29, 0.717) is 10.6 Å². The van der Waals surface area contributed by atoms with Crippen molar-refractivity contribution in [3.63, 3.8) is 0 Å². The molecule has 0 saturated carbocycles. The largest absolute Gasteiger partial charge is 0.366 e. The van der Waals surface area contributed by atoms with Gasteiger partial charge < -0.3 is 11.1 Å². The minimum atomic E-state index is -0.450. The minimum absolute atomic E-state index is 0.448. The van der Waals surface area contributed by atoms with E-state index in [1.165, 1.54) is 12.2 Å². The zero-order valence-electron chi connectivity index (χ0n) is 10.5. The van der Waals surface area contributed by atoms with E-state index >= 15 is 0 Å². The molecule has 1 aromatic carbocycles. The van der Waals surface area contributed by atoms with Gasteiger partial charge in [-0.2, -0.15) is 11.8 Å². The third kappa shape index (κ3) is 5.29. The fourth-order valence-electron chi connectivity index (χ4n) is 1.56. The molecule has 0 radical (unpaired) electrons. The highest BCUT2D eigenvalue weighted by Crippen LogP contribution is 2.17. The van der Waals surface area contributed by atoms with Crippen LogP contribution in [0.25, 0.3) is 0 Å². The van der Waals surface area contributed by atoms with Crippen LogP contribution in [0.5, 0.6) is 0 Å². The molecular formula is C13H19ClN2OS. The highest BCUT2D eigenvalue weighted by molar-refractivity contribution is 7.98. The molecule has 1 amide bonds. The first kappa shape index (κ1) is 15.3. The van der Waals surface area contributed by atoms with Gasteiger partial charge in [-0.05, 0) is 49.1 Å². The van der Waals surface area contributed by atoms with Crippen LogP contribution in [0.1, 0.15) is 28.8 Å². The molecule has 3 nitrogen and oxygen atoms in total. The molecule has 0 bridgehead atoms. The van der Waals surface area contributed by atoms with E-state index in [9.17, 15) is 4.79 Å². The monoisotopic (exact) mass is 286 g/mol. The van der Waals surface area contributed by atoms with E-state index in [4.69, 9.17) is 17.3 Å². The Labute approximate surface area is 117 Å². The van der Waals surface area contributed by atoms with Crippen LogP contribution in [0.4, 0.5) is 0 Å². The Morgan fingerprint density at radius 3 is 2.83 bits per heavy atom. The second kappa shape index (κ2) is 8.40. The van der Waals surface area contributed by atoms with Crippen molar-refractivity contribution >= 4 is 29.3 Å². The number of thioether (sulfide) groups is 1. The van der Waals surface area contributed by atoms with Crippen molar-refractivity contribution in [3.05, 3.63) is 34.3 Å². The number of hydrogen-bond donors (Lipinski definition) is 2. The second-order valence-electron chi connectivity index (χ2n) is 4.05. The first-order valence-electron chi connectivity index (χ1n) is 5.93. The summed E-state index contributed by atoms with van der Waals surface area (Å²) >= 11 is 7.96. The Kier molecular flexibility index (Phi) is 7.16. The van der Waals surface area contributed by atoms with Crippen LogP contribution in [0.2, 0.25) is 5.02 Å². The number of halogens is 1. The molecule has 0 fully saturated rings. The minimum Gasteiger partial charge on any atom is -0.366 e. The van der Waals surface area contributed by atoms with Crippen molar-refractivity contribution in [1.82, 2.24) is 5.32 Å². The number of nitrogens with one attached hydrogen (secondary N) is 1. The van der Waals surface area contributed by atoms with E-state index < -0.39 is 5.91 Å². The Morgan fingerprint density at radius 1 is 1.44 bits per heavy atom. The molecule has 3 N–H and O–H groups in total. The summed E-state index contributed by atoms with van der Waals surface area (Å²) in [4.78, 5) is 11.0. The van der Waals surface area contributed by atoms with Crippen LogP contribution in [0.15, 0.2) is 18.2 Å². The maximum atomic E-state index is 11.0. The highest BCUT2D eigenvalue weighted by Gasteiger charge is 2.05. The lowest BCUT2D eigenvalue weighted by atomic mass is 10.1. The van der Waals surface area contributed by atoms with Crippen molar-refractivity contribution in [2.24, 2.45) is 5.73 Å². The van der Waals surface area contributed by atoms with E-state index in [1.54, 1.807) is 12.1 Å². The third-order valence-electron chi connectivity index (χ3n) is 2.61. The lowest BCUT2D eigenvalue weighted by Crippen LogP contribution is -2.16. The maximum absolute atomic E-state index is 11.0. The summed E-state index contributed by atoms with van der Waals surface area (Å²) in [6, 6.07) is 5.17. The van der Waals surface area contributed by atoms with Gasteiger partial charge >= 0.3 is 0 Å². The summed E-state index contributed by atoms with van der Waals surface area (Å²) in [6.07, 6.45) is 4.51. The summed E-state index contributed by atoms with van der Waals surface area (Å²) in [7, 11) is 0. The van der Waals surface area contributed by atoms with Gasteiger partial charge in [0.15, 0.2) is 0 Å². The molecule has 0 spiro atoms. The Morgan fingerprint density at radius 2 is 2.22 bits per heavy atom. The Hall–Kier alpha value is -0.710. The quantitative estimate of drug-likeness (QED) is 0.723. The lowest BCUT2D eigenvalue weighted by Gasteiger charge is -2.07. The number of unbranched alkanes of at least 4 members (excludes halogenated alkanes) is 1. The molecule has 0 aromatic heterocycles. The molecule has 0 aliphatic heterocycles. The normalized spacial score (nSPS) is 10.6. The number of nitrogens with two attached hydrogens (primary N) is 1. The van der Waals surface area contributed by atoms with Crippen LogP contribution in [0, 0.1) is 0 Å². The molecule has 0 saturated heterocycles. The van der Waals surface area contributed by atoms with Gasteiger partial charge in [-0.1, -0.05) is 17.7 Å². The molecule has 1 aromatic rings. The van der Waals surface area contributed by atoms with Crippen molar-refractivity contribution in [3.8, 4) is 0 Å². The summed E-state index contributed by atoms with van der Waals surface area (Å²) in [5, 5.41) is 3.93. The first-order chi connectivity index (χ1) is 8.65. The molecule has 100 valence electrons. The van der Waals surface area contributed by atoms with Crippen LogP contribution >= 0.6 is 23.4 Å². The van der Waals surface area contributed by atoms with Gasteiger partial charge in [0.05, 0.1) is 0 Å². The van der Waals surface area contributed by atoms with Crippen molar-refractivity contribution in [1.29, 1.82) is 0 Å². The topological polar surface area (TPSA) is 55.1 Å².